The van der Waals surface area contributed by atoms with E-state index in [1.54, 1.807) is 0 Å². The molecule has 0 aliphatic carbocycles. The van der Waals surface area contributed by atoms with Crippen LogP contribution < -0.4 is 5.32 Å². The molecule has 1 aliphatic heterocycles. The van der Waals surface area contributed by atoms with E-state index >= 15 is 0 Å². The second-order valence-electron chi connectivity index (χ2n) is 5.78. The van der Waals surface area contributed by atoms with Crippen molar-refractivity contribution in [3.63, 3.8) is 0 Å². The van der Waals surface area contributed by atoms with Crippen LogP contribution in [0.2, 0.25) is 0 Å². The SMILES string of the molecule is Cc1ccc(C2CC(C)Nc3ccccc32)c(C)c1. The highest BCUT2D eigenvalue weighted by Crippen LogP contribution is 2.39. The van der Waals surface area contributed by atoms with Gasteiger partial charge in [-0.1, -0.05) is 42.0 Å². The average Bonchev–Trinajstić information content (AvgIpc) is 2.38. The number of hydrogen-bond donors (Lipinski definition) is 1. The van der Waals surface area contributed by atoms with Crippen molar-refractivity contribution in [3.8, 4) is 0 Å². The van der Waals surface area contributed by atoms with E-state index in [1.807, 2.05) is 0 Å². The average molecular weight is 251 g/mol. The lowest BCUT2D eigenvalue weighted by Crippen LogP contribution is -2.26. The van der Waals surface area contributed by atoms with E-state index in [2.05, 4.69) is 68.6 Å². The van der Waals surface area contributed by atoms with Crippen molar-refractivity contribution in [2.75, 3.05) is 5.32 Å². The molecule has 0 saturated heterocycles. The van der Waals surface area contributed by atoms with Gasteiger partial charge < -0.3 is 5.32 Å². The van der Waals surface area contributed by atoms with Gasteiger partial charge in [-0.3, -0.25) is 0 Å². The maximum absolute atomic E-state index is 3.59. The fourth-order valence-corrected chi connectivity index (χ4v) is 3.25. The molecule has 2 aromatic carbocycles. The summed E-state index contributed by atoms with van der Waals surface area (Å²) in [7, 11) is 0. The highest BCUT2D eigenvalue weighted by molar-refractivity contribution is 5.58. The molecule has 0 spiro atoms. The Labute approximate surface area is 115 Å². The zero-order chi connectivity index (χ0) is 13.4. The molecule has 0 saturated carbocycles. The second kappa shape index (κ2) is 4.73. The highest BCUT2D eigenvalue weighted by atomic mass is 14.9. The molecule has 2 atom stereocenters. The summed E-state index contributed by atoms with van der Waals surface area (Å²) in [6, 6.07) is 16.1. The van der Waals surface area contributed by atoms with Gasteiger partial charge in [0.2, 0.25) is 0 Å². The van der Waals surface area contributed by atoms with Crippen LogP contribution in [0, 0.1) is 13.8 Å². The van der Waals surface area contributed by atoms with E-state index in [0.717, 1.165) is 0 Å². The molecule has 1 nitrogen and oxygen atoms in total. The topological polar surface area (TPSA) is 12.0 Å². The van der Waals surface area contributed by atoms with Gasteiger partial charge in [-0.15, -0.1) is 0 Å². The fraction of sp³-hybridized carbons (Fsp3) is 0.333. The Balaban J connectivity index is 2.10. The largest absolute Gasteiger partial charge is 0.382 e. The summed E-state index contributed by atoms with van der Waals surface area (Å²) in [4.78, 5) is 0. The summed E-state index contributed by atoms with van der Waals surface area (Å²) in [5.74, 6) is 0.521. The third-order valence-corrected chi connectivity index (χ3v) is 4.13. The highest BCUT2D eigenvalue weighted by Gasteiger charge is 2.25. The number of rotatable bonds is 1. The number of fused-ring (bicyclic) bond motifs is 1. The van der Waals surface area contributed by atoms with Gasteiger partial charge in [0.25, 0.3) is 0 Å². The third kappa shape index (κ3) is 2.25. The van der Waals surface area contributed by atoms with E-state index in [-0.39, 0.29) is 0 Å². The number of hydrogen-bond acceptors (Lipinski definition) is 1. The minimum absolute atomic E-state index is 0.521. The molecular weight excluding hydrogens is 230 g/mol. The summed E-state index contributed by atoms with van der Waals surface area (Å²) in [5, 5.41) is 3.59. The molecule has 19 heavy (non-hydrogen) atoms. The lowest BCUT2D eigenvalue weighted by atomic mass is 9.80. The van der Waals surface area contributed by atoms with E-state index in [1.165, 1.54) is 34.4 Å². The first-order valence-corrected chi connectivity index (χ1v) is 7.08. The maximum Gasteiger partial charge on any atom is 0.0381 e. The Morgan fingerprint density at radius 1 is 1.00 bits per heavy atom. The Morgan fingerprint density at radius 2 is 1.79 bits per heavy atom. The number of benzene rings is 2. The molecule has 3 rings (SSSR count). The summed E-state index contributed by atoms with van der Waals surface area (Å²) in [6.07, 6.45) is 1.17. The Kier molecular flexibility index (Phi) is 3.06. The molecule has 1 heteroatoms. The minimum Gasteiger partial charge on any atom is -0.382 e. The van der Waals surface area contributed by atoms with Gasteiger partial charge in [-0.25, -0.2) is 0 Å². The van der Waals surface area contributed by atoms with E-state index in [9.17, 15) is 0 Å². The molecule has 0 aromatic heterocycles. The lowest BCUT2D eigenvalue weighted by molar-refractivity contribution is 0.612. The van der Waals surface area contributed by atoms with Crippen LogP contribution in [0.5, 0.6) is 0 Å². The second-order valence-corrected chi connectivity index (χ2v) is 5.78. The summed E-state index contributed by atoms with van der Waals surface area (Å²) >= 11 is 0. The van der Waals surface area contributed by atoms with Crippen LogP contribution in [0.15, 0.2) is 42.5 Å². The van der Waals surface area contributed by atoms with Crippen LogP contribution in [0.3, 0.4) is 0 Å². The molecule has 0 amide bonds. The normalized spacial score (nSPS) is 21.6. The molecule has 1 heterocycles. The standard InChI is InChI=1S/C18H21N/c1-12-8-9-15(13(2)10-12)17-11-14(3)19-18-7-5-4-6-16(17)18/h4-10,14,17,19H,11H2,1-3H3. The maximum atomic E-state index is 3.59. The Morgan fingerprint density at radius 3 is 2.58 bits per heavy atom. The number of anilines is 1. The van der Waals surface area contributed by atoms with Crippen molar-refractivity contribution in [2.24, 2.45) is 0 Å². The molecule has 2 aromatic rings. The number of nitrogens with one attached hydrogen (secondary N) is 1. The zero-order valence-corrected chi connectivity index (χ0v) is 11.9. The monoisotopic (exact) mass is 251 g/mol. The van der Waals surface area contributed by atoms with Crippen LogP contribution in [-0.2, 0) is 0 Å². The van der Waals surface area contributed by atoms with Crippen molar-refractivity contribution in [1.82, 2.24) is 0 Å². The number of aryl methyl sites for hydroxylation is 2. The molecular formula is C18H21N. The predicted octanol–water partition coefficient (Wildman–Crippen LogP) is 4.64. The van der Waals surface area contributed by atoms with Crippen LogP contribution in [0.25, 0.3) is 0 Å². The van der Waals surface area contributed by atoms with Gasteiger partial charge in [0.1, 0.15) is 0 Å². The van der Waals surface area contributed by atoms with Gasteiger partial charge in [-0.05, 0) is 49.9 Å². The smallest absolute Gasteiger partial charge is 0.0381 e. The molecule has 2 unspecified atom stereocenters. The van der Waals surface area contributed by atoms with Gasteiger partial charge in [0.15, 0.2) is 0 Å². The zero-order valence-electron chi connectivity index (χ0n) is 11.9. The van der Waals surface area contributed by atoms with Crippen molar-refractivity contribution in [3.05, 3.63) is 64.7 Å². The summed E-state index contributed by atoms with van der Waals surface area (Å²) < 4.78 is 0. The molecule has 98 valence electrons. The first-order chi connectivity index (χ1) is 9.15. The van der Waals surface area contributed by atoms with Crippen molar-refractivity contribution in [2.45, 2.75) is 39.2 Å². The van der Waals surface area contributed by atoms with Gasteiger partial charge in [-0.2, -0.15) is 0 Å². The van der Waals surface area contributed by atoms with Crippen LogP contribution in [0.1, 0.15) is 41.5 Å². The van der Waals surface area contributed by atoms with Crippen molar-refractivity contribution < 1.29 is 0 Å². The van der Waals surface area contributed by atoms with Crippen LogP contribution in [-0.4, -0.2) is 6.04 Å². The first kappa shape index (κ1) is 12.3. The van der Waals surface area contributed by atoms with Crippen molar-refractivity contribution in [1.29, 1.82) is 0 Å². The van der Waals surface area contributed by atoms with Crippen molar-refractivity contribution >= 4 is 5.69 Å². The minimum atomic E-state index is 0.521. The molecule has 1 N–H and O–H groups in total. The Bertz CT molecular complexity index is 600. The summed E-state index contributed by atoms with van der Waals surface area (Å²) in [5.41, 5.74) is 6.97. The number of para-hydroxylation sites is 1. The predicted molar refractivity (Wildman–Crippen MR) is 81.9 cm³/mol. The van der Waals surface area contributed by atoms with Crippen LogP contribution >= 0.6 is 0 Å². The van der Waals surface area contributed by atoms with E-state index < -0.39 is 0 Å². The van der Waals surface area contributed by atoms with Gasteiger partial charge in [0, 0.05) is 17.6 Å². The fourth-order valence-electron chi connectivity index (χ4n) is 3.25. The lowest BCUT2D eigenvalue weighted by Gasteiger charge is -2.32. The van der Waals surface area contributed by atoms with Gasteiger partial charge >= 0.3 is 0 Å². The van der Waals surface area contributed by atoms with Crippen LogP contribution in [0.4, 0.5) is 5.69 Å². The third-order valence-electron chi connectivity index (χ3n) is 4.13. The van der Waals surface area contributed by atoms with E-state index in [0.29, 0.717) is 12.0 Å². The summed E-state index contributed by atoms with van der Waals surface area (Å²) in [6.45, 7) is 6.67. The molecule has 0 radical (unpaired) electrons. The molecule has 1 aliphatic rings. The Hall–Kier alpha value is -1.76. The van der Waals surface area contributed by atoms with Gasteiger partial charge in [0.05, 0.1) is 0 Å². The quantitative estimate of drug-likeness (QED) is 0.778. The van der Waals surface area contributed by atoms with E-state index in [4.69, 9.17) is 0 Å². The molecule has 0 bridgehead atoms. The molecule has 0 fully saturated rings. The first-order valence-electron chi connectivity index (χ1n) is 7.08.